The molecule has 2 rings (SSSR count). The summed E-state index contributed by atoms with van der Waals surface area (Å²) in [5.74, 6) is 3.03. The molecule has 178 valence electrons. The Hall–Kier alpha value is -0.990. The smallest absolute Gasteiger partial charge is 0.0227 e. The number of rotatable bonds is 8. The molecule has 5 atom stereocenters. The van der Waals surface area contributed by atoms with E-state index in [1.807, 2.05) is 7.05 Å². The molecular weight excluding hydrogens is 394 g/mol. The molecule has 2 aliphatic carbocycles. The summed E-state index contributed by atoms with van der Waals surface area (Å²) in [5.41, 5.74) is 5.43. The maximum Gasteiger partial charge on any atom is 0.0227 e. The molecule has 0 fully saturated rings. The standard InChI is InChI=1S/C14H20.C8H17NS.C7H14/c1-4-13-11(3)10(2)9-12-7-5-6-8-14(12)13;1-5-8(10-9-4)6-7(2)3;1-5-7(4)6(2)3/h5,7,9,11,13-14H,2,4,6,8H2,1,3H3;8-9H,2,5-6H2,1,3-4H3;7H,2,5H2,1,3-4H3. The number of hydrogen-bond donors (Lipinski definition) is 1. The molecular formula is C29H51NS. The van der Waals surface area contributed by atoms with Gasteiger partial charge in [0.05, 0.1) is 0 Å². The molecule has 2 aliphatic rings. The summed E-state index contributed by atoms with van der Waals surface area (Å²) >= 11 is 1.79. The number of fused-ring (bicyclic) bond motifs is 1. The van der Waals surface area contributed by atoms with E-state index >= 15 is 0 Å². The third-order valence-electron chi connectivity index (χ3n) is 6.72. The van der Waals surface area contributed by atoms with Crippen molar-refractivity contribution in [3.63, 3.8) is 0 Å². The first-order valence-corrected chi connectivity index (χ1v) is 13.2. The van der Waals surface area contributed by atoms with Gasteiger partial charge in [-0.15, -0.1) is 6.58 Å². The minimum absolute atomic E-state index is 0.681. The highest BCUT2D eigenvalue weighted by Crippen LogP contribution is 2.43. The quantitative estimate of drug-likeness (QED) is 0.295. The molecule has 0 aromatic carbocycles. The van der Waals surface area contributed by atoms with Crippen molar-refractivity contribution in [1.82, 2.24) is 4.72 Å². The Bertz CT molecular complexity index is 612. The molecule has 0 aromatic heterocycles. The fourth-order valence-corrected chi connectivity index (χ4v) is 5.05. The van der Waals surface area contributed by atoms with Gasteiger partial charge in [-0.25, -0.2) is 0 Å². The van der Waals surface area contributed by atoms with Crippen molar-refractivity contribution in [2.45, 2.75) is 92.2 Å². The second-order valence-electron chi connectivity index (χ2n) is 9.34. The van der Waals surface area contributed by atoms with Gasteiger partial charge in [0.1, 0.15) is 0 Å². The molecule has 0 radical (unpaired) electrons. The van der Waals surface area contributed by atoms with E-state index in [-0.39, 0.29) is 0 Å². The SMILES string of the molecule is C=C(C)C(C)CC.C=C(C)CC(CC)SNC.C=C1C=C2C=CCCC2C(CC)C1C. The van der Waals surface area contributed by atoms with Crippen molar-refractivity contribution in [3.8, 4) is 0 Å². The third kappa shape index (κ3) is 11.4. The molecule has 0 heterocycles. The van der Waals surface area contributed by atoms with Crippen molar-refractivity contribution in [2.24, 2.45) is 23.7 Å². The van der Waals surface area contributed by atoms with Gasteiger partial charge >= 0.3 is 0 Å². The van der Waals surface area contributed by atoms with Crippen molar-refractivity contribution in [3.05, 3.63) is 60.3 Å². The van der Waals surface area contributed by atoms with E-state index in [0.29, 0.717) is 17.1 Å². The van der Waals surface area contributed by atoms with Gasteiger partial charge in [0.25, 0.3) is 0 Å². The average Bonchev–Trinajstić information content (AvgIpc) is 2.74. The second-order valence-corrected chi connectivity index (χ2v) is 10.6. The van der Waals surface area contributed by atoms with Crippen LogP contribution in [0.2, 0.25) is 0 Å². The van der Waals surface area contributed by atoms with Gasteiger partial charge in [0.15, 0.2) is 0 Å². The molecule has 31 heavy (non-hydrogen) atoms. The summed E-state index contributed by atoms with van der Waals surface area (Å²) in [6, 6.07) is 0. The Morgan fingerprint density at radius 2 is 1.84 bits per heavy atom. The first-order valence-electron chi connectivity index (χ1n) is 12.3. The van der Waals surface area contributed by atoms with Crippen LogP contribution in [0, 0.1) is 23.7 Å². The first-order chi connectivity index (χ1) is 14.6. The van der Waals surface area contributed by atoms with Crippen LogP contribution in [-0.2, 0) is 0 Å². The highest BCUT2D eigenvalue weighted by molar-refractivity contribution is 7.98. The maximum absolute atomic E-state index is 4.17. The molecule has 0 aromatic rings. The molecule has 2 heteroatoms. The van der Waals surface area contributed by atoms with Crippen LogP contribution in [0.3, 0.4) is 0 Å². The van der Waals surface area contributed by atoms with Crippen LogP contribution >= 0.6 is 11.9 Å². The summed E-state index contributed by atoms with van der Waals surface area (Å²) in [4.78, 5) is 0. The van der Waals surface area contributed by atoms with Gasteiger partial charge in [-0.3, -0.25) is 4.72 Å². The molecule has 0 amide bonds. The number of hydrogen-bond acceptors (Lipinski definition) is 2. The summed E-state index contributed by atoms with van der Waals surface area (Å²) in [6.45, 7) is 27.3. The van der Waals surface area contributed by atoms with Crippen LogP contribution in [0.25, 0.3) is 0 Å². The lowest BCUT2D eigenvalue weighted by Crippen LogP contribution is -2.28. The zero-order valence-corrected chi connectivity index (χ0v) is 22.7. The first kappa shape index (κ1) is 30.0. The molecule has 0 spiro atoms. The lowest BCUT2D eigenvalue weighted by molar-refractivity contribution is 0.269. The molecule has 0 saturated carbocycles. The number of allylic oxidation sites excluding steroid dienone is 7. The maximum atomic E-state index is 4.17. The Morgan fingerprint density at radius 3 is 2.26 bits per heavy atom. The van der Waals surface area contributed by atoms with E-state index in [0.717, 1.165) is 18.3 Å². The van der Waals surface area contributed by atoms with Gasteiger partial charge in [-0.05, 0) is 82.2 Å². The van der Waals surface area contributed by atoms with E-state index in [9.17, 15) is 0 Å². The third-order valence-corrected chi connectivity index (χ3v) is 7.79. The Labute approximate surface area is 199 Å². The normalized spacial score (nSPS) is 23.8. The predicted molar refractivity (Wildman–Crippen MR) is 146 cm³/mol. The molecule has 1 nitrogen and oxygen atoms in total. The van der Waals surface area contributed by atoms with Crippen LogP contribution in [-0.4, -0.2) is 12.3 Å². The highest BCUT2D eigenvalue weighted by Gasteiger charge is 2.32. The fourth-order valence-electron chi connectivity index (χ4n) is 4.18. The Morgan fingerprint density at radius 1 is 1.19 bits per heavy atom. The van der Waals surface area contributed by atoms with E-state index in [4.69, 9.17) is 0 Å². The zero-order chi connectivity index (χ0) is 24.0. The minimum Gasteiger partial charge on any atom is -0.267 e. The summed E-state index contributed by atoms with van der Waals surface area (Å²) < 4.78 is 3.10. The van der Waals surface area contributed by atoms with Crippen LogP contribution in [0.1, 0.15) is 87.0 Å². The molecule has 0 saturated heterocycles. The van der Waals surface area contributed by atoms with E-state index < -0.39 is 0 Å². The summed E-state index contributed by atoms with van der Waals surface area (Å²) in [5, 5.41) is 0.697. The largest absolute Gasteiger partial charge is 0.267 e. The van der Waals surface area contributed by atoms with E-state index in [1.54, 1.807) is 11.9 Å². The number of nitrogens with one attached hydrogen (secondary N) is 1. The molecule has 0 aliphatic heterocycles. The monoisotopic (exact) mass is 445 g/mol. The topological polar surface area (TPSA) is 12.0 Å². The van der Waals surface area contributed by atoms with E-state index in [1.165, 1.54) is 54.4 Å². The highest BCUT2D eigenvalue weighted by atomic mass is 32.2. The molecule has 0 bridgehead atoms. The van der Waals surface area contributed by atoms with Gasteiger partial charge in [-0.2, -0.15) is 0 Å². The average molecular weight is 446 g/mol. The lowest BCUT2D eigenvalue weighted by atomic mass is 9.67. The van der Waals surface area contributed by atoms with Crippen molar-refractivity contribution >= 4 is 11.9 Å². The van der Waals surface area contributed by atoms with Crippen molar-refractivity contribution in [1.29, 1.82) is 0 Å². The zero-order valence-electron chi connectivity index (χ0n) is 21.9. The summed E-state index contributed by atoms with van der Waals surface area (Å²) in [6.07, 6.45) is 14.4. The fraction of sp³-hybridized carbons (Fsp3) is 0.655. The van der Waals surface area contributed by atoms with Gasteiger partial charge in [0, 0.05) is 5.25 Å². The van der Waals surface area contributed by atoms with Crippen LogP contribution < -0.4 is 4.72 Å². The van der Waals surface area contributed by atoms with Crippen molar-refractivity contribution < 1.29 is 0 Å². The Kier molecular flexibility index (Phi) is 16.1. The lowest BCUT2D eigenvalue weighted by Gasteiger charge is -2.38. The van der Waals surface area contributed by atoms with Gasteiger partial charge < -0.3 is 0 Å². The molecule has 1 N–H and O–H groups in total. The second kappa shape index (κ2) is 16.6. The van der Waals surface area contributed by atoms with Crippen LogP contribution in [0.15, 0.2) is 60.3 Å². The van der Waals surface area contributed by atoms with Gasteiger partial charge in [-0.1, -0.05) is 101 Å². The van der Waals surface area contributed by atoms with Crippen LogP contribution in [0.4, 0.5) is 0 Å². The molecule has 5 unspecified atom stereocenters. The minimum atomic E-state index is 0.681. The van der Waals surface area contributed by atoms with Gasteiger partial charge in [0.2, 0.25) is 0 Å². The summed E-state index contributed by atoms with van der Waals surface area (Å²) in [7, 11) is 1.96. The van der Waals surface area contributed by atoms with Crippen LogP contribution in [0.5, 0.6) is 0 Å². The Balaban J connectivity index is 0.000000468. The predicted octanol–water partition coefficient (Wildman–Crippen LogP) is 9.32. The van der Waals surface area contributed by atoms with Crippen molar-refractivity contribution in [2.75, 3.05) is 7.05 Å². The van der Waals surface area contributed by atoms with E-state index in [2.05, 4.69) is 91.2 Å².